The Bertz CT molecular complexity index is 582. The molecule has 1 aromatic heterocycles. The number of aryl methyl sites for hydroxylation is 1. The second-order valence-electron chi connectivity index (χ2n) is 4.91. The van der Waals surface area contributed by atoms with Crippen LogP contribution in [0.15, 0.2) is 23.7 Å². The molecule has 0 radical (unpaired) electrons. The highest BCUT2D eigenvalue weighted by atomic mass is 32.1. The summed E-state index contributed by atoms with van der Waals surface area (Å²) in [6, 6.07) is 5.34. The molecule has 20 heavy (non-hydrogen) atoms. The van der Waals surface area contributed by atoms with Crippen molar-refractivity contribution >= 4 is 17.0 Å². The summed E-state index contributed by atoms with van der Waals surface area (Å²) < 4.78 is 14.2. The lowest BCUT2D eigenvalue weighted by Gasteiger charge is -2.25. The minimum absolute atomic E-state index is 0.103. The molecule has 3 nitrogen and oxygen atoms in total. The van der Waals surface area contributed by atoms with E-state index in [2.05, 4.69) is 10.3 Å². The summed E-state index contributed by atoms with van der Waals surface area (Å²) in [5.41, 5.74) is 4.47. The molecule has 2 rings (SSSR count). The molecule has 108 valence electrons. The highest BCUT2D eigenvalue weighted by molar-refractivity contribution is 7.09. The van der Waals surface area contributed by atoms with E-state index >= 15 is 0 Å². The number of hydrogen-bond acceptors (Lipinski definition) is 4. The zero-order chi connectivity index (χ0) is 14.7. The summed E-state index contributed by atoms with van der Waals surface area (Å²) in [5, 5.41) is 3.17. The summed E-state index contributed by atoms with van der Waals surface area (Å²) in [7, 11) is 3.80. The highest BCUT2D eigenvalue weighted by Gasteiger charge is 2.17. The largest absolute Gasteiger partial charge is 0.367 e. The summed E-state index contributed by atoms with van der Waals surface area (Å²) in [5.74, 6) is -0.186. The molecule has 0 amide bonds. The van der Waals surface area contributed by atoms with Gasteiger partial charge in [-0.1, -0.05) is 12.1 Å². The number of thiazole rings is 1. The van der Waals surface area contributed by atoms with Crippen LogP contribution in [0.1, 0.15) is 29.1 Å². The predicted molar refractivity (Wildman–Crippen MR) is 82.8 cm³/mol. The minimum atomic E-state index is -0.186. The van der Waals surface area contributed by atoms with Crippen LogP contribution < -0.4 is 10.2 Å². The van der Waals surface area contributed by atoms with E-state index in [-0.39, 0.29) is 11.9 Å². The van der Waals surface area contributed by atoms with Crippen LogP contribution in [0.3, 0.4) is 0 Å². The van der Waals surface area contributed by atoms with Crippen molar-refractivity contribution in [1.82, 2.24) is 10.3 Å². The molecule has 0 bridgehead atoms. The van der Waals surface area contributed by atoms with Crippen LogP contribution in [-0.4, -0.2) is 19.1 Å². The lowest BCUT2D eigenvalue weighted by Crippen LogP contribution is -2.22. The van der Waals surface area contributed by atoms with E-state index in [1.807, 2.05) is 44.4 Å². The van der Waals surface area contributed by atoms with Crippen LogP contribution >= 0.6 is 11.3 Å². The first-order valence-electron chi connectivity index (χ1n) is 6.60. The number of rotatable bonds is 5. The molecule has 1 unspecified atom stereocenters. The molecule has 1 aromatic carbocycles. The van der Waals surface area contributed by atoms with Gasteiger partial charge in [0, 0.05) is 18.0 Å². The fourth-order valence-electron chi connectivity index (χ4n) is 2.21. The fourth-order valence-corrected chi connectivity index (χ4v) is 3.04. The maximum absolute atomic E-state index is 14.2. The first-order valence-corrected chi connectivity index (χ1v) is 7.48. The molecule has 0 fully saturated rings. The van der Waals surface area contributed by atoms with E-state index in [1.54, 1.807) is 17.4 Å². The molecule has 0 saturated carbocycles. The van der Waals surface area contributed by atoms with Crippen molar-refractivity contribution in [2.75, 3.05) is 19.0 Å². The van der Waals surface area contributed by atoms with Crippen molar-refractivity contribution in [2.24, 2.45) is 0 Å². The van der Waals surface area contributed by atoms with Gasteiger partial charge in [-0.25, -0.2) is 9.37 Å². The van der Waals surface area contributed by atoms with Gasteiger partial charge in [0.1, 0.15) is 5.82 Å². The topological polar surface area (TPSA) is 28.2 Å². The summed E-state index contributed by atoms with van der Waals surface area (Å²) in [6.45, 7) is 4.68. The number of halogens is 1. The van der Waals surface area contributed by atoms with Gasteiger partial charge < -0.3 is 10.2 Å². The van der Waals surface area contributed by atoms with Gasteiger partial charge in [-0.15, -0.1) is 11.3 Å². The van der Waals surface area contributed by atoms with Crippen molar-refractivity contribution in [3.05, 3.63) is 45.7 Å². The molecule has 2 aromatic rings. The molecule has 0 spiro atoms. The normalized spacial score (nSPS) is 12.4. The van der Waals surface area contributed by atoms with Crippen LogP contribution in [-0.2, 0) is 6.54 Å². The molecular weight excluding hydrogens is 273 g/mol. The molecular formula is C15H20FN3S. The molecule has 5 heteroatoms. The summed E-state index contributed by atoms with van der Waals surface area (Å²) in [6.07, 6.45) is 0. The second kappa shape index (κ2) is 6.33. The van der Waals surface area contributed by atoms with Crippen LogP contribution in [0.5, 0.6) is 0 Å². The lowest BCUT2D eigenvalue weighted by molar-refractivity contribution is 0.602. The van der Waals surface area contributed by atoms with Crippen molar-refractivity contribution in [1.29, 1.82) is 0 Å². The Hall–Kier alpha value is -1.46. The Balaban J connectivity index is 2.33. The van der Waals surface area contributed by atoms with Gasteiger partial charge in [0.2, 0.25) is 0 Å². The third-order valence-corrected chi connectivity index (χ3v) is 4.44. The standard InChI is InChI=1S/C15H20FN3S/c1-10(17-3)12-6-5-7-13(16)15(12)19(4)8-14-11(2)18-9-20-14/h5-7,9-10,17H,8H2,1-4H3. The molecule has 1 atom stereocenters. The quantitative estimate of drug-likeness (QED) is 0.914. The van der Waals surface area contributed by atoms with E-state index in [0.717, 1.165) is 11.3 Å². The van der Waals surface area contributed by atoms with Crippen LogP contribution in [0.4, 0.5) is 10.1 Å². The Morgan fingerprint density at radius 3 is 2.80 bits per heavy atom. The number of nitrogens with zero attached hydrogens (tertiary/aromatic N) is 2. The number of benzene rings is 1. The fraction of sp³-hybridized carbons (Fsp3) is 0.400. The average molecular weight is 293 g/mol. The first kappa shape index (κ1) is 14.9. The predicted octanol–water partition coefficient (Wildman–Crippen LogP) is 3.51. The Labute approximate surface area is 123 Å². The van der Waals surface area contributed by atoms with Gasteiger partial charge in [-0.05, 0) is 32.5 Å². The van der Waals surface area contributed by atoms with E-state index < -0.39 is 0 Å². The molecule has 0 aliphatic carbocycles. The van der Waals surface area contributed by atoms with Crippen molar-refractivity contribution in [3.63, 3.8) is 0 Å². The zero-order valence-corrected chi connectivity index (χ0v) is 13.1. The summed E-state index contributed by atoms with van der Waals surface area (Å²) in [4.78, 5) is 7.37. The zero-order valence-electron chi connectivity index (χ0n) is 12.3. The third kappa shape index (κ3) is 2.99. The van der Waals surface area contributed by atoms with E-state index in [1.165, 1.54) is 10.9 Å². The highest BCUT2D eigenvalue weighted by Crippen LogP contribution is 2.30. The number of hydrogen-bond donors (Lipinski definition) is 1. The Morgan fingerprint density at radius 1 is 1.45 bits per heavy atom. The van der Waals surface area contributed by atoms with Crippen LogP contribution in [0.2, 0.25) is 0 Å². The smallest absolute Gasteiger partial charge is 0.146 e. The van der Waals surface area contributed by atoms with Gasteiger partial charge in [0.25, 0.3) is 0 Å². The molecule has 1 heterocycles. The number of aromatic nitrogens is 1. The number of para-hydroxylation sites is 1. The molecule has 0 aliphatic rings. The van der Waals surface area contributed by atoms with Crippen molar-refractivity contribution in [2.45, 2.75) is 26.4 Å². The molecule has 0 aliphatic heterocycles. The molecule has 0 saturated heterocycles. The third-order valence-electron chi connectivity index (χ3n) is 3.52. The van der Waals surface area contributed by atoms with E-state index in [0.29, 0.717) is 12.2 Å². The van der Waals surface area contributed by atoms with Crippen molar-refractivity contribution in [3.8, 4) is 0 Å². The van der Waals surface area contributed by atoms with Gasteiger partial charge in [-0.3, -0.25) is 0 Å². The maximum Gasteiger partial charge on any atom is 0.146 e. The van der Waals surface area contributed by atoms with Gasteiger partial charge in [0.05, 0.1) is 23.4 Å². The SMILES string of the molecule is CNC(C)c1cccc(F)c1N(C)Cc1scnc1C. The van der Waals surface area contributed by atoms with Crippen LogP contribution in [0.25, 0.3) is 0 Å². The van der Waals surface area contributed by atoms with E-state index in [9.17, 15) is 4.39 Å². The maximum atomic E-state index is 14.2. The number of nitrogens with one attached hydrogen (secondary N) is 1. The van der Waals surface area contributed by atoms with Crippen LogP contribution in [0, 0.1) is 12.7 Å². The minimum Gasteiger partial charge on any atom is -0.367 e. The summed E-state index contributed by atoms with van der Waals surface area (Å²) >= 11 is 1.61. The lowest BCUT2D eigenvalue weighted by atomic mass is 10.0. The monoisotopic (exact) mass is 293 g/mol. The van der Waals surface area contributed by atoms with Gasteiger partial charge in [-0.2, -0.15) is 0 Å². The molecule has 1 N–H and O–H groups in total. The first-order chi connectivity index (χ1) is 9.54. The van der Waals surface area contributed by atoms with Gasteiger partial charge in [0.15, 0.2) is 0 Å². The van der Waals surface area contributed by atoms with Crippen molar-refractivity contribution < 1.29 is 4.39 Å². The Kier molecular flexibility index (Phi) is 4.73. The Morgan fingerprint density at radius 2 is 2.20 bits per heavy atom. The van der Waals surface area contributed by atoms with Gasteiger partial charge >= 0.3 is 0 Å². The number of anilines is 1. The van der Waals surface area contributed by atoms with E-state index in [4.69, 9.17) is 0 Å². The average Bonchev–Trinajstić information content (AvgIpc) is 2.82. The second-order valence-corrected chi connectivity index (χ2v) is 5.84.